The number of rotatable bonds is 32. The Hall–Kier alpha value is -0.863. The average molecular weight is 734 g/mol. The van der Waals surface area contributed by atoms with Gasteiger partial charge in [-0.25, -0.2) is 0 Å². The molecule has 1 aliphatic heterocycles. The first-order chi connectivity index (χ1) is 24.6. The summed E-state index contributed by atoms with van der Waals surface area (Å²) in [5, 5.41) is 0.217. The number of hydrogen-bond donors (Lipinski definition) is 0. The lowest BCUT2D eigenvalue weighted by Crippen LogP contribution is -2.54. The Bertz CT molecular complexity index is 908. The van der Waals surface area contributed by atoms with Gasteiger partial charge in [-0.2, -0.15) is 0 Å². The molecule has 1 aliphatic rings. The molecule has 2 rings (SSSR count). The summed E-state index contributed by atoms with van der Waals surface area (Å²) in [5.41, 5.74) is 0. The highest BCUT2D eigenvalue weighted by molar-refractivity contribution is 8.39. The van der Waals surface area contributed by atoms with E-state index in [0.29, 0.717) is 6.79 Å². The monoisotopic (exact) mass is 734 g/mol. The van der Waals surface area contributed by atoms with Crippen molar-refractivity contribution in [2.24, 2.45) is 0 Å². The van der Waals surface area contributed by atoms with E-state index in [1.165, 1.54) is 147 Å². The Morgan fingerprint density at radius 1 is 0.720 bits per heavy atom. The van der Waals surface area contributed by atoms with Gasteiger partial charge in [0.05, 0.1) is 6.10 Å². The van der Waals surface area contributed by atoms with Gasteiger partial charge in [0, 0.05) is 6.61 Å². The maximum absolute atomic E-state index is 13.7. The van der Waals surface area contributed by atoms with Crippen molar-refractivity contribution in [2.45, 2.75) is 199 Å². The second kappa shape index (κ2) is 31.6. The SMILES string of the molecule is CCCCCCCCCCCCN1CCC(OCOCCCCCCCCC)CCC[Si]1(CCCCCCC)SC(=O)COc1ccccc1. The van der Waals surface area contributed by atoms with E-state index >= 15 is 0 Å². The van der Waals surface area contributed by atoms with Crippen molar-refractivity contribution in [3.8, 4) is 5.75 Å². The summed E-state index contributed by atoms with van der Waals surface area (Å²) in [5.74, 6) is 0.783. The van der Waals surface area contributed by atoms with Crippen LogP contribution in [0, 0.1) is 0 Å². The van der Waals surface area contributed by atoms with E-state index in [1.54, 1.807) is 11.2 Å². The first-order valence-corrected chi connectivity index (χ1v) is 25.4. The van der Waals surface area contributed by atoms with Crippen molar-refractivity contribution in [3.05, 3.63) is 30.3 Å². The number of carbonyl (C=O) groups excluding carboxylic acids is 1. The summed E-state index contributed by atoms with van der Waals surface area (Å²) >= 11 is 1.73. The molecule has 0 amide bonds. The van der Waals surface area contributed by atoms with Crippen LogP contribution in [-0.2, 0) is 14.3 Å². The zero-order valence-corrected chi connectivity index (χ0v) is 34.9. The fourth-order valence-electron chi connectivity index (χ4n) is 7.40. The zero-order valence-electron chi connectivity index (χ0n) is 33.1. The molecule has 0 aliphatic carbocycles. The van der Waals surface area contributed by atoms with Crippen LogP contribution < -0.4 is 4.74 Å². The fraction of sp³-hybridized carbons (Fsp3) is 0.837. The molecule has 7 heteroatoms. The van der Waals surface area contributed by atoms with Gasteiger partial charge in [-0.1, -0.05) is 185 Å². The van der Waals surface area contributed by atoms with E-state index in [0.717, 1.165) is 51.1 Å². The molecule has 0 spiro atoms. The Balaban J connectivity index is 1.98. The first kappa shape index (κ1) is 45.3. The average Bonchev–Trinajstić information content (AvgIpc) is 3.12. The Morgan fingerprint density at radius 3 is 1.90 bits per heavy atom. The summed E-state index contributed by atoms with van der Waals surface area (Å²) in [6.45, 7) is 10.4. The number of unbranched alkanes of at least 4 members (excludes halogenated alkanes) is 19. The molecule has 0 N–H and O–H groups in total. The van der Waals surface area contributed by atoms with Crippen molar-refractivity contribution in [1.82, 2.24) is 4.57 Å². The van der Waals surface area contributed by atoms with Crippen LogP contribution in [0.3, 0.4) is 0 Å². The Labute approximate surface area is 314 Å². The van der Waals surface area contributed by atoms with Crippen LogP contribution in [0.1, 0.15) is 181 Å². The number of ether oxygens (including phenoxy) is 3. The van der Waals surface area contributed by atoms with Crippen molar-refractivity contribution in [3.63, 3.8) is 0 Å². The highest BCUT2D eigenvalue weighted by atomic mass is 32.4. The van der Waals surface area contributed by atoms with Crippen LogP contribution in [0.5, 0.6) is 5.75 Å². The molecule has 0 saturated carbocycles. The van der Waals surface area contributed by atoms with Gasteiger partial charge in [0.25, 0.3) is 0 Å². The van der Waals surface area contributed by atoms with Gasteiger partial charge in [-0.05, 0) is 63.0 Å². The van der Waals surface area contributed by atoms with E-state index in [9.17, 15) is 4.79 Å². The molecular formula is C43H79NO4SSi. The van der Waals surface area contributed by atoms with Crippen LogP contribution in [-0.4, -0.2) is 56.3 Å². The molecule has 50 heavy (non-hydrogen) atoms. The second-order valence-corrected chi connectivity index (χ2v) is 22.0. The minimum Gasteiger partial charge on any atom is -0.485 e. The molecular weight excluding hydrogens is 655 g/mol. The molecule has 0 aromatic heterocycles. The minimum atomic E-state index is -2.11. The van der Waals surface area contributed by atoms with Gasteiger partial charge in [-0.15, -0.1) is 0 Å². The van der Waals surface area contributed by atoms with Gasteiger partial charge < -0.3 is 18.8 Å². The van der Waals surface area contributed by atoms with Gasteiger partial charge in [-0.3, -0.25) is 4.79 Å². The smallest absolute Gasteiger partial charge is 0.222 e. The predicted molar refractivity (Wildman–Crippen MR) is 220 cm³/mol. The molecule has 1 aromatic rings. The Kier molecular flexibility index (Phi) is 28.7. The number of nitrogens with zero attached hydrogens (tertiary/aromatic N) is 1. The molecule has 2 unspecified atom stereocenters. The van der Waals surface area contributed by atoms with Crippen LogP contribution in [0.4, 0.5) is 0 Å². The summed E-state index contributed by atoms with van der Waals surface area (Å²) in [6.07, 6.45) is 32.6. The van der Waals surface area contributed by atoms with E-state index in [4.69, 9.17) is 14.2 Å². The molecule has 0 radical (unpaired) electrons. The van der Waals surface area contributed by atoms with E-state index < -0.39 is 7.38 Å². The fourth-order valence-corrected chi connectivity index (χ4v) is 15.7. The summed E-state index contributed by atoms with van der Waals surface area (Å²) in [7, 11) is -2.11. The van der Waals surface area contributed by atoms with Crippen LogP contribution in [0.2, 0.25) is 12.1 Å². The van der Waals surface area contributed by atoms with E-state index in [-0.39, 0.29) is 17.8 Å². The number of benzene rings is 1. The topological polar surface area (TPSA) is 48.0 Å². The molecule has 1 heterocycles. The van der Waals surface area contributed by atoms with E-state index in [1.807, 2.05) is 30.3 Å². The van der Waals surface area contributed by atoms with E-state index in [2.05, 4.69) is 25.3 Å². The normalized spacial score (nSPS) is 18.6. The predicted octanol–water partition coefficient (Wildman–Crippen LogP) is 13.3. The maximum atomic E-state index is 13.7. The number of carbonyl (C=O) groups is 1. The lowest BCUT2D eigenvalue weighted by Gasteiger charge is -2.44. The van der Waals surface area contributed by atoms with Gasteiger partial charge in [0.2, 0.25) is 12.5 Å². The quantitative estimate of drug-likeness (QED) is 0.0417. The second-order valence-electron chi connectivity index (χ2n) is 15.0. The van der Waals surface area contributed by atoms with Gasteiger partial charge in [0.15, 0.2) is 6.61 Å². The van der Waals surface area contributed by atoms with Crippen LogP contribution in [0.15, 0.2) is 30.3 Å². The van der Waals surface area contributed by atoms with Crippen LogP contribution in [0.25, 0.3) is 0 Å². The summed E-state index contributed by atoms with van der Waals surface area (Å²) in [6, 6.07) is 12.2. The highest BCUT2D eigenvalue weighted by Gasteiger charge is 2.43. The highest BCUT2D eigenvalue weighted by Crippen LogP contribution is 2.39. The van der Waals surface area contributed by atoms with Gasteiger partial charge in [0.1, 0.15) is 12.5 Å². The third-order valence-corrected chi connectivity index (χ3v) is 18.9. The number of para-hydroxylation sites is 1. The zero-order chi connectivity index (χ0) is 35.8. The summed E-state index contributed by atoms with van der Waals surface area (Å²) in [4.78, 5) is 13.7. The van der Waals surface area contributed by atoms with Gasteiger partial charge >= 0.3 is 0 Å². The molecule has 2 atom stereocenters. The third kappa shape index (κ3) is 22.3. The maximum Gasteiger partial charge on any atom is 0.222 e. The molecule has 1 saturated heterocycles. The lowest BCUT2D eigenvalue weighted by molar-refractivity contribution is -0.112. The summed E-state index contributed by atoms with van der Waals surface area (Å²) < 4.78 is 21.2. The Morgan fingerprint density at radius 2 is 1.28 bits per heavy atom. The van der Waals surface area contributed by atoms with Crippen molar-refractivity contribution >= 4 is 23.7 Å². The molecule has 290 valence electrons. The lowest BCUT2D eigenvalue weighted by atomic mass is 10.1. The molecule has 0 bridgehead atoms. The largest absolute Gasteiger partial charge is 0.485 e. The molecule has 5 nitrogen and oxygen atoms in total. The van der Waals surface area contributed by atoms with Crippen LogP contribution >= 0.6 is 11.2 Å². The standard InChI is InChI=1S/C43H79NO4SSi/c1-4-7-10-13-15-16-17-18-20-26-34-44-35-33-42(48-40-46-36-27-21-19-14-11-8-5-2)32-29-38-50(44,37-28-22-12-9-6-3)49-43(45)39-47-41-30-24-23-25-31-41/h23-25,30-31,42H,4-22,26-29,32-40H2,1-3H3. The first-order valence-electron chi connectivity index (χ1n) is 21.5. The minimum absolute atomic E-state index is 0.160. The molecule has 1 aromatic carbocycles. The third-order valence-electron chi connectivity index (χ3n) is 10.5. The molecule has 1 fully saturated rings. The van der Waals surface area contributed by atoms with Crippen molar-refractivity contribution < 1.29 is 19.0 Å². The number of hydrogen-bond acceptors (Lipinski definition) is 6. The van der Waals surface area contributed by atoms with Crippen molar-refractivity contribution in [1.29, 1.82) is 0 Å². The van der Waals surface area contributed by atoms with Crippen molar-refractivity contribution in [2.75, 3.05) is 33.1 Å².